The van der Waals surface area contributed by atoms with Crippen LogP contribution in [0, 0.1) is 5.92 Å². The van der Waals surface area contributed by atoms with Crippen LogP contribution in [0.2, 0.25) is 0 Å². The van der Waals surface area contributed by atoms with E-state index in [1.54, 1.807) is 24.3 Å². The summed E-state index contributed by atoms with van der Waals surface area (Å²) in [5, 5.41) is 14.3. The Kier molecular flexibility index (Phi) is 4.98. The van der Waals surface area contributed by atoms with E-state index in [1.165, 1.54) is 0 Å². The summed E-state index contributed by atoms with van der Waals surface area (Å²) in [6.45, 7) is 0. The van der Waals surface area contributed by atoms with Crippen LogP contribution in [-0.4, -0.2) is 29.1 Å². The third-order valence-corrected chi connectivity index (χ3v) is 3.83. The van der Waals surface area contributed by atoms with Crippen molar-refractivity contribution in [1.29, 1.82) is 0 Å². The molecule has 3 amide bonds. The number of carboxylic acids is 1. The summed E-state index contributed by atoms with van der Waals surface area (Å²) in [5.41, 5.74) is 6.01. The Balaban J connectivity index is 1.87. The van der Waals surface area contributed by atoms with Gasteiger partial charge in [0.1, 0.15) is 0 Å². The smallest absolute Gasteiger partial charge is 0.316 e. The Morgan fingerprint density at radius 3 is 2.14 bits per heavy atom. The Labute approximate surface area is 127 Å². The van der Waals surface area contributed by atoms with Crippen molar-refractivity contribution in [2.75, 3.05) is 5.32 Å². The fourth-order valence-electron chi connectivity index (χ4n) is 2.60. The van der Waals surface area contributed by atoms with Gasteiger partial charge in [-0.25, -0.2) is 4.79 Å². The van der Waals surface area contributed by atoms with E-state index in [-0.39, 0.29) is 17.9 Å². The first-order valence-corrected chi connectivity index (χ1v) is 7.16. The molecule has 1 fully saturated rings. The molecule has 1 aliphatic rings. The molecule has 7 nitrogen and oxygen atoms in total. The Hall–Kier alpha value is -2.57. The molecule has 0 aliphatic heterocycles. The number of nitrogens with one attached hydrogen (secondary N) is 2. The maximum Gasteiger partial charge on any atom is 0.316 e. The fourth-order valence-corrected chi connectivity index (χ4v) is 2.60. The molecule has 7 heteroatoms. The van der Waals surface area contributed by atoms with Gasteiger partial charge >= 0.3 is 12.0 Å². The number of hydrogen-bond acceptors (Lipinski definition) is 3. The molecule has 0 spiro atoms. The van der Waals surface area contributed by atoms with E-state index >= 15 is 0 Å². The molecule has 118 valence electrons. The predicted molar refractivity (Wildman–Crippen MR) is 80.5 cm³/mol. The van der Waals surface area contributed by atoms with Crippen molar-refractivity contribution < 1.29 is 19.5 Å². The summed E-state index contributed by atoms with van der Waals surface area (Å²) in [6, 6.07) is 5.74. The number of amides is 3. The van der Waals surface area contributed by atoms with Gasteiger partial charge in [0.05, 0.1) is 5.92 Å². The molecule has 5 N–H and O–H groups in total. The van der Waals surface area contributed by atoms with E-state index in [1.807, 2.05) is 0 Å². The van der Waals surface area contributed by atoms with Gasteiger partial charge in [-0.1, -0.05) is 0 Å². The van der Waals surface area contributed by atoms with E-state index in [9.17, 15) is 14.4 Å². The number of nitrogens with two attached hydrogens (primary N) is 1. The minimum atomic E-state index is -0.762. The van der Waals surface area contributed by atoms with E-state index < -0.39 is 12.0 Å². The van der Waals surface area contributed by atoms with Crippen LogP contribution in [0.1, 0.15) is 36.0 Å². The van der Waals surface area contributed by atoms with Gasteiger partial charge in [-0.15, -0.1) is 0 Å². The number of carbonyl (C=O) groups is 3. The number of urea groups is 1. The van der Waals surface area contributed by atoms with Crippen molar-refractivity contribution in [2.24, 2.45) is 11.7 Å². The molecular weight excluding hydrogens is 286 g/mol. The molecule has 0 heterocycles. The first kappa shape index (κ1) is 15.8. The highest BCUT2D eigenvalue weighted by Crippen LogP contribution is 2.24. The highest BCUT2D eigenvalue weighted by molar-refractivity contribution is 5.95. The van der Waals surface area contributed by atoms with Crippen LogP contribution in [0.25, 0.3) is 0 Å². The van der Waals surface area contributed by atoms with Gasteiger partial charge in [0.25, 0.3) is 5.91 Å². The number of benzene rings is 1. The highest BCUT2D eigenvalue weighted by Gasteiger charge is 2.26. The Morgan fingerprint density at radius 2 is 1.64 bits per heavy atom. The molecule has 0 atom stereocenters. The van der Waals surface area contributed by atoms with Gasteiger partial charge in [-0.05, 0) is 49.9 Å². The topological polar surface area (TPSA) is 122 Å². The van der Waals surface area contributed by atoms with Crippen molar-refractivity contribution in [3.8, 4) is 0 Å². The zero-order valence-electron chi connectivity index (χ0n) is 12.0. The van der Waals surface area contributed by atoms with Crippen LogP contribution < -0.4 is 16.4 Å². The molecule has 2 rings (SSSR count). The van der Waals surface area contributed by atoms with Crippen LogP contribution in [0.3, 0.4) is 0 Å². The van der Waals surface area contributed by atoms with Gasteiger partial charge in [0, 0.05) is 17.3 Å². The van der Waals surface area contributed by atoms with E-state index in [0.29, 0.717) is 36.9 Å². The number of primary amides is 1. The fraction of sp³-hybridized carbons (Fsp3) is 0.400. The first-order valence-electron chi connectivity index (χ1n) is 7.16. The molecule has 0 radical (unpaired) electrons. The second-order valence-electron chi connectivity index (χ2n) is 5.43. The maximum absolute atomic E-state index is 12.1. The van der Waals surface area contributed by atoms with Crippen molar-refractivity contribution in [3.05, 3.63) is 29.8 Å². The van der Waals surface area contributed by atoms with Crippen molar-refractivity contribution >= 4 is 23.6 Å². The summed E-state index contributed by atoms with van der Waals surface area (Å²) in [7, 11) is 0. The average molecular weight is 305 g/mol. The summed E-state index contributed by atoms with van der Waals surface area (Å²) in [5.74, 6) is -1.26. The summed E-state index contributed by atoms with van der Waals surface area (Å²) >= 11 is 0. The molecule has 0 bridgehead atoms. The Morgan fingerprint density at radius 1 is 1.05 bits per heavy atom. The van der Waals surface area contributed by atoms with Crippen LogP contribution in [0.15, 0.2) is 24.3 Å². The molecule has 22 heavy (non-hydrogen) atoms. The van der Waals surface area contributed by atoms with Crippen LogP contribution >= 0.6 is 0 Å². The SMILES string of the molecule is NC(=O)Nc1ccc(C(=O)NC2CCC(C(=O)O)CC2)cc1. The zero-order chi connectivity index (χ0) is 16.1. The molecule has 0 aromatic heterocycles. The van der Waals surface area contributed by atoms with Gasteiger partial charge in [-0.2, -0.15) is 0 Å². The first-order chi connectivity index (χ1) is 10.5. The van der Waals surface area contributed by atoms with Crippen LogP contribution in [0.5, 0.6) is 0 Å². The van der Waals surface area contributed by atoms with Crippen LogP contribution in [0.4, 0.5) is 10.5 Å². The lowest BCUT2D eigenvalue weighted by Gasteiger charge is -2.26. The molecule has 1 aromatic carbocycles. The number of hydrogen-bond donors (Lipinski definition) is 4. The number of rotatable bonds is 4. The molecule has 0 saturated heterocycles. The number of aliphatic carboxylic acids is 1. The predicted octanol–water partition coefficient (Wildman–Crippen LogP) is 1.55. The molecular formula is C15H19N3O4. The normalized spacial score (nSPS) is 20.9. The minimum Gasteiger partial charge on any atom is -0.481 e. The van der Waals surface area contributed by atoms with Gasteiger partial charge < -0.3 is 21.5 Å². The lowest BCUT2D eigenvalue weighted by Crippen LogP contribution is -2.38. The summed E-state index contributed by atoms with van der Waals surface area (Å²) in [4.78, 5) is 33.7. The second-order valence-corrected chi connectivity index (χ2v) is 5.43. The summed E-state index contributed by atoms with van der Waals surface area (Å²) in [6.07, 6.45) is 2.51. The number of carbonyl (C=O) groups excluding carboxylic acids is 2. The van der Waals surface area contributed by atoms with Gasteiger partial charge in [-0.3, -0.25) is 9.59 Å². The van der Waals surface area contributed by atoms with Crippen molar-refractivity contribution in [1.82, 2.24) is 5.32 Å². The standard InChI is InChI=1S/C15H19N3O4/c16-15(22)18-12-5-1-9(2-6-12)13(19)17-11-7-3-10(4-8-11)14(20)21/h1-2,5-6,10-11H,3-4,7-8H2,(H,17,19)(H,20,21)(H3,16,18,22). The van der Waals surface area contributed by atoms with E-state index in [2.05, 4.69) is 10.6 Å². The third kappa shape index (κ3) is 4.21. The number of anilines is 1. The lowest BCUT2D eigenvalue weighted by atomic mass is 9.86. The largest absolute Gasteiger partial charge is 0.481 e. The van der Waals surface area contributed by atoms with E-state index in [4.69, 9.17) is 10.8 Å². The number of carboxylic acid groups (broad SMARTS) is 1. The molecule has 1 saturated carbocycles. The van der Waals surface area contributed by atoms with Gasteiger partial charge in [0.15, 0.2) is 0 Å². The molecule has 1 aromatic rings. The van der Waals surface area contributed by atoms with E-state index in [0.717, 1.165) is 0 Å². The van der Waals surface area contributed by atoms with Crippen molar-refractivity contribution in [3.63, 3.8) is 0 Å². The maximum atomic E-state index is 12.1. The third-order valence-electron chi connectivity index (χ3n) is 3.83. The second kappa shape index (κ2) is 6.93. The van der Waals surface area contributed by atoms with Crippen LogP contribution in [-0.2, 0) is 4.79 Å². The summed E-state index contributed by atoms with van der Waals surface area (Å²) < 4.78 is 0. The minimum absolute atomic E-state index is 0.00604. The lowest BCUT2D eigenvalue weighted by molar-refractivity contribution is -0.142. The Bertz CT molecular complexity index is 563. The molecule has 1 aliphatic carbocycles. The van der Waals surface area contributed by atoms with Gasteiger partial charge in [0.2, 0.25) is 0 Å². The van der Waals surface area contributed by atoms with Crippen molar-refractivity contribution in [2.45, 2.75) is 31.7 Å². The monoisotopic (exact) mass is 305 g/mol. The zero-order valence-corrected chi connectivity index (χ0v) is 12.0. The highest BCUT2D eigenvalue weighted by atomic mass is 16.4. The molecule has 0 unspecified atom stereocenters. The quantitative estimate of drug-likeness (QED) is 0.674. The average Bonchev–Trinajstić information content (AvgIpc) is 2.48.